The van der Waals surface area contributed by atoms with Gasteiger partial charge in [-0.1, -0.05) is 37.3 Å². The van der Waals surface area contributed by atoms with E-state index in [1.165, 1.54) is 0 Å². The van der Waals surface area contributed by atoms with Gasteiger partial charge in [0.05, 0.1) is 11.6 Å². The molecule has 3 aromatic rings. The second kappa shape index (κ2) is 7.87. The lowest BCUT2D eigenvalue weighted by Crippen LogP contribution is -2.31. The van der Waals surface area contributed by atoms with Gasteiger partial charge in [-0.15, -0.1) is 0 Å². The van der Waals surface area contributed by atoms with Crippen LogP contribution in [-0.4, -0.2) is 18.5 Å². The van der Waals surface area contributed by atoms with E-state index in [1.807, 2.05) is 56.3 Å². The van der Waals surface area contributed by atoms with Crippen LogP contribution >= 0.6 is 0 Å². The van der Waals surface area contributed by atoms with Crippen LogP contribution in [0.5, 0.6) is 0 Å². The van der Waals surface area contributed by atoms with Gasteiger partial charge >= 0.3 is 5.97 Å². The van der Waals surface area contributed by atoms with Crippen molar-refractivity contribution in [1.82, 2.24) is 5.32 Å². The molecule has 1 amide bonds. The maximum absolute atomic E-state index is 12.0. The fourth-order valence-corrected chi connectivity index (χ4v) is 2.66. The molecule has 134 valence electrons. The van der Waals surface area contributed by atoms with E-state index in [9.17, 15) is 9.59 Å². The number of furan rings is 1. The molecule has 26 heavy (non-hydrogen) atoms. The lowest BCUT2D eigenvalue weighted by atomic mass is 10.1. The molecule has 0 fully saturated rings. The van der Waals surface area contributed by atoms with Crippen molar-refractivity contribution in [2.45, 2.75) is 26.3 Å². The van der Waals surface area contributed by atoms with E-state index >= 15 is 0 Å². The highest BCUT2D eigenvalue weighted by Gasteiger charge is 2.16. The Morgan fingerprint density at radius 3 is 2.54 bits per heavy atom. The monoisotopic (exact) mass is 351 g/mol. The van der Waals surface area contributed by atoms with Crippen LogP contribution < -0.4 is 5.32 Å². The van der Waals surface area contributed by atoms with Crippen molar-refractivity contribution in [3.63, 3.8) is 0 Å². The number of fused-ring (bicyclic) bond motifs is 1. The molecular formula is C21H21NO4. The first-order chi connectivity index (χ1) is 12.6. The first-order valence-corrected chi connectivity index (χ1v) is 8.60. The highest BCUT2D eigenvalue weighted by atomic mass is 16.5. The smallest absolute Gasteiger partial charge is 0.338 e. The van der Waals surface area contributed by atoms with E-state index < -0.39 is 5.97 Å². The maximum Gasteiger partial charge on any atom is 0.338 e. The van der Waals surface area contributed by atoms with Crippen LogP contribution in [0.2, 0.25) is 0 Å². The summed E-state index contributed by atoms with van der Waals surface area (Å²) in [6.45, 7) is 3.53. The topological polar surface area (TPSA) is 68.5 Å². The normalized spacial score (nSPS) is 11.9. The quantitative estimate of drug-likeness (QED) is 0.681. The highest BCUT2D eigenvalue weighted by Crippen LogP contribution is 2.23. The molecule has 5 nitrogen and oxygen atoms in total. The third-order valence-electron chi connectivity index (χ3n) is 4.18. The van der Waals surface area contributed by atoms with Crippen molar-refractivity contribution in [2.75, 3.05) is 6.61 Å². The molecule has 5 heteroatoms. The van der Waals surface area contributed by atoms with E-state index in [1.54, 1.807) is 12.1 Å². The Balaban J connectivity index is 1.53. The molecule has 1 atom stereocenters. The molecule has 0 aliphatic carbocycles. The summed E-state index contributed by atoms with van der Waals surface area (Å²) >= 11 is 0. The molecule has 2 aromatic carbocycles. The van der Waals surface area contributed by atoms with Crippen molar-refractivity contribution in [3.05, 3.63) is 71.5 Å². The van der Waals surface area contributed by atoms with E-state index in [0.29, 0.717) is 11.3 Å². The van der Waals surface area contributed by atoms with Crippen molar-refractivity contribution >= 4 is 22.8 Å². The minimum absolute atomic E-state index is 0.322. The summed E-state index contributed by atoms with van der Waals surface area (Å²) in [4.78, 5) is 24.0. The Labute approximate surface area is 152 Å². The van der Waals surface area contributed by atoms with Gasteiger partial charge in [0, 0.05) is 5.39 Å². The van der Waals surface area contributed by atoms with Crippen LogP contribution in [0.3, 0.4) is 0 Å². The summed E-state index contributed by atoms with van der Waals surface area (Å²) < 4.78 is 10.8. The number of rotatable bonds is 6. The summed E-state index contributed by atoms with van der Waals surface area (Å²) in [5.74, 6) is -0.239. The van der Waals surface area contributed by atoms with Gasteiger partial charge in [-0.3, -0.25) is 4.79 Å². The number of amides is 1. The fraction of sp³-hybridized carbons (Fsp3) is 0.238. The Kier molecular flexibility index (Phi) is 5.37. The molecule has 1 heterocycles. The predicted octanol–water partition coefficient (Wildman–Crippen LogP) is 4.03. The molecule has 1 aromatic heterocycles. The van der Waals surface area contributed by atoms with E-state index in [-0.39, 0.29) is 18.6 Å². The molecule has 1 N–H and O–H groups in total. The zero-order valence-electron chi connectivity index (χ0n) is 14.8. The number of esters is 1. The zero-order valence-corrected chi connectivity index (χ0v) is 14.8. The van der Waals surface area contributed by atoms with Crippen LogP contribution in [-0.2, 0) is 16.0 Å². The Bertz CT molecular complexity index is 878. The summed E-state index contributed by atoms with van der Waals surface area (Å²) in [6, 6.07) is 16.4. The first kappa shape index (κ1) is 17.7. The standard InChI is InChI=1S/C21H21NO4/c1-3-15-8-10-16(11-9-15)21(24)25-13-20(23)22-14(2)19-12-17-6-4-5-7-18(17)26-19/h4-12,14H,3,13H2,1-2H3,(H,22,23)/t14-/m0/s1. The molecule has 3 rings (SSSR count). The lowest BCUT2D eigenvalue weighted by molar-refractivity contribution is -0.125. The van der Waals surface area contributed by atoms with Crippen LogP contribution in [0.25, 0.3) is 11.0 Å². The lowest BCUT2D eigenvalue weighted by Gasteiger charge is -2.11. The van der Waals surface area contributed by atoms with Crippen molar-refractivity contribution in [2.24, 2.45) is 0 Å². The number of ether oxygens (including phenoxy) is 1. The Morgan fingerprint density at radius 2 is 1.85 bits per heavy atom. The highest BCUT2D eigenvalue weighted by molar-refractivity contribution is 5.91. The van der Waals surface area contributed by atoms with Gasteiger partial charge in [-0.25, -0.2) is 4.79 Å². The van der Waals surface area contributed by atoms with Crippen molar-refractivity contribution in [3.8, 4) is 0 Å². The molecule has 0 saturated carbocycles. The number of carbonyl (C=O) groups excluding carboxylic acids is 2. The van der Waals surface area contributed by atoms with Crippen LogP contribution in [0.15, 0.2) is 59.0 Å². The summed E-state index contributed by atoms with van der Waals surface area (Å²) in [7, 11) is 0. The largest absolute Gasteiger partial charge is 0.459 e. The minimum Gasteiger partial charge on any atom is -0.459 e. The molecule has 0 bridgehead atoms. The Hall–Kier alpha value is -3.08. The maximum atomic E-state index is 12.0. The van der Waals surface area contributed by atoms with Gasteiger partial charge in [0.15, 0.2) is 6.61 Å². The van der Waals surface area contributed by atoms with Gasteiger partial charge in [-0.2, -0.15) is 0 Å². The van der Waals surface area contributed by atoms with Gasteiger partial charge < -0.3 is 14.5 Å². The number of aryl methyl sites for hydroxylation is 1. The van der Waals surface area contributed by atoms with Gasteiger partial charge in [0.1, 0.15) is 11.3 Å². The van der Waals surface area contributed by atoms with E-state index in [4.69, 9.17) is 9.15 Å². The second-order valence-electron chi connectivity index (χ2n) is 6.10. The molecule has 0 saturated heterocycles. The summed E-state index contributed by atoms with van der Waals surface area (Å²) in [5.41, 5.74) is 2.34. The van der Waals surface area contributed by atoms with Crippen LogP contribution in [0.4, 0.5) is 0 Å². The second-order valence-corrected chi connectivity index (χ2v) is 6.10. The van der Waals surface area contributed by atoms with Crippen molar-refractivity contribution < 1.29 is 18.7 Å². The predicted molar refractivity (Wildman–Crippen MR) is 98.9 cm³/mol. The zero-order chi connectivity index (χ0) is 18.5. The number of hydrogen-bond donors (Lipinski definition) is 1. The van der Waals surface area contributed by atoms with Gasteiger partial charge in [0.25, 0.3) is 5.91 Å². The average molecular weight is 351 g/mol. The number of hydrogen-bond acceptors (Lipinski definition) is 4. The van der Waals surface area contributed by atoms with E-state index in [2.05, 4.69) is 5.32 Å². The summed E-state index contributed by atoms with van der Waals surface area (Å²) in [5, 5.41) is 3.75. The molecular weight excluding hydrogens is 330 g/mol. The number of benzene rings is 2. The number of nitrogens with one attached hydrogen (secondary N) is 1. The van der Waals surface area contributed by atoms with Gasteiger partial charge in [0.2, 0.25) is 0 Å². The van der Waals surface area contributed by atoms with Gasteiger partial charge in [-0.05, 0) is 43.2 Å². The average Bonchev–Trinajstić information content (AvgIpc) is 3.10. The molecule has 0 spiro atoms. The van der Waals surface area contributed by atoms with E-state index in [0.717, 1.165) is 23.0 Å². The minimum atomic E-state index is -0.515. The van der Waals surface area contributed by atoms with Crippen LogP contribution in [0, 0.1) is 0 Å². The third-order valence-corrected chi connectivity index (χ3v) is 4.18. The number of para-hydroxylation sites is 1. The third kappa shape index (κ3) is 4.11. The fourth-order valence-electron chi connectivity index (χ4n) is 2.66. The molecule has 0 radical (unpaired) electrons. The Morgan fingerprint density at radius 1 is 1.12 bits per heavy atom. The molecule has 0 aliphatic heterocycles. The SMILES string of the molecule is CCc1ccc(C(=O)OCC(=O)N[C@@H](C)c2cc3ccccc3o2)cc1. The molecule has 0 aliphatic rings. The van der Waals surface area contributed by atoms with Crippen LogP contribution in [0.1, 0.15) is 41.6 Å². The first-order valence-electron chi connectivity index (χ1n) is 8.60. The summed E-state index contributed by atoms with van der Waals surface area (Å²) in [6.07, 6.45) is 0.900. The van der Waals surface area contributed by atoms with Crippen molar-refractivity contribution in [1.29, 1.82) is 0 Å². The number of carbonyl (C=O) groups is 2. The molecule has 0 unspecified atom stereocenters.